The third-order valence-corrected chi connectivity index (χ3v) is 7.13. The second-order valence-electron chi connectivity index (χ2n) is 9.54. The van der Waals surface area contributed by atoms with Gasteiger partial charge >= 0.3 is 0 Å². The van der Waals surface area contributed by atoms with Crippen molar-refractivity contribution in [1.82, 2.24) is 19.4 Å². The second-order valence-corrected chi connectivity index (χ2v) is 9.54. The van der Waals surface area contributed by atoms with Gasteiger partial charge < -0.3 is 14.6 Å². The van der Waals surface area contributed by atoms with Crippen molar-refractivity contribution in [3.8, 4) is 11.1 Å². The lowest BCUT2D eigenvalue weighted by molar-refractivity contribution is 0.0342. The summed E-state index contributed by atoms with van der Waals surface area (Å²) in [4.78, 5) is 12.1. The molecule has 3 heterocycles. The van der Waals surface area contributed by atoms with E-state index >= 15 is 0 Å². The fourth-order valence-corrected chi connectivity index (χ4v) is 5.17. The molecule has 1 aliphatic heterocycles. The number of nitrogens with zero attached hydrogens (tertiary/aromatic N) is 4. The summed E-state index contributed by atoms with van der Waals surface area (Å²) in [5.41, 5.74) is 4.92. The van der Waals surface area contributed by atoms with Crippen molar-refractivity contribution < 1.29 is 4.74 Å². The van der Waals surface area contributed by atoms with Gasteiger partial charge in [-0.15, -0.1) is 0 Å². The predicted molar refractivity (Wildman–Crippen MR) is 135 cm³/mol. The van der Waals surface area contributed by atoms with Gasteiger partial charge in [-0.25, -0.2) is 4.98 Å². The van der Waals surface area contributed by atoms with Crippen molar-refractivity contribution in [2.75, 3.05) is 38.2 Å². The summed E-state index contributed by atoms with van der Waals surface area (Å²) in [6.45, 7) is 7.83. The smallest absolute Gasteiger partial charge is 0.224 e. The minimum absolute atomic E-state index is 0.536. The summed E-state index contributed by atoms with van der Waals surface area (Å²) in [5, 5.41) is 4.57. The van der Waals surface area contributed by atoms with E-state index in [9.17, 15) is 0 Å². The van der Waals surface area contributed by atoms with Crippen LogP contribution in [0.4, 0.5) is 5.95 Å². The molecule has 0 spiro atoms. The van der Waals surface area contributed by atoms with Crippen LogP contribution in [0.25, 0.3) is 22.2 Å². The van der Waals surface area contributed by atoms with Crippen LogP contribution in [-0.4, -0.2) is 52.3 Å². The Kier molecular flexibility index (Phi) is 7.22. The number of hydrogen-bond acceptors (Lipinski definition) is 5. The average Bonchev–Trinajstić information content (AvgIpc) is 3.25. The molecule has 2 aliphatic rings. The molecule has 2 fully saturated rings. The van der Waals surface area contributed by atoms with Crippen LogP contribution in [0.15, 0.2) is 36.7 Å². The van der Waals surface area contributed by atoms with E-state index in [1.165, 1.54) is 55.2 Å². The van der Waals surface area contributed by atoms with Gasteiger partial charge in [0.2, 0.25) is 5.95 Å². The Morgan fingerprint density at radius 3 is 2.61 bits per heavy atom. The van der Waals surface area contributed by atoms with E-state index in [0.29, 0.717) is 6.04 Å². The van der Waals surface area contributed by atoms with Gasteiger partial charge in [0.05, 0.1) is 13.2 Å². The number of benzene rings is 1. The van der Waals surface area contributed by atoms with Gasteiger partial charge in [-0.3, -0.25) is 4.90 Å². The van der Waals surface area contributed by atoms with E-state index < -0.39 is 0 Å². The Hall–Kier alpha value is -2.44. The van der Waals surface area contributed by atoms with Crippen LogP contribution in [0.5, 0.6) is 0 Å². The molecule has 0 unspecified atom stereocenters. The van der Waals surface area contributed by atoms with Gasteiger partial charge in [0.15, 0.2) is 0 Å². The van der Waals surface area contributed by atoms with Crippen molar-refractivity contribution in [2.24, 2.45) is 0 Å². The molecule has 33 heavy (non-hydrogen) atoms. The lowest BCUT2D eigenvalue weighted by Gasteiger charge is -2.26. The molecule has 1 aliphatic carbocycles. The van der Waals surface area contributed by atoms with Crippen molar-refractivity contribution in [3.05, 3.63) is 42.2 Å². The molecular weight excluding hydrogens is 410 g/mol. The summed E-state index contributed by atoms with van der Waals surface area (Å²) in [7, 11) is 0. The van der Waals surface area contributed by atoms with E-state index in [2.05, 4.69) is 57.2 Å². The van der Waals surface area contributed by atoms with Crippen LogP contribution in [-0.2, 0) is 11.3 Å². The molecule has 1 N–H and O–H groups in total. The quantitative estimate of drug-likeness (QED) is 0.452. The molecule has 6 heteroatoms. The van der Waals surface area contributed by atoms with Gasteiger partial charge in [-0.2, -0.15) is 4.98 Å². The van der Waals surface area contributed by atoms with Gasteiger partial charge in [-0.1, -0.05) is 56.9 Å². The van der Waals surface area contributed by atoms with Crippen LogP contribution in [0.2, 0.25) is 0 Å². The molecular formula is C27H37N5O. The molecule has 6 nitrogen and oxygen atoms in total. The first kappa shape index (κ1) is 22.4. The molecule has 176 valence electrons. The number of ether oxygens (including phenoxy) is 1. The Morgan fingerprint density at radius 1 is 1.06 bits per heavy atom. The number of nitrogens with one attached hydrogen (secondary N) is 1. The SMILES string of the molecule is CCCCNc1ncc2c(-c3ccc(CN4CCOCC4)cc3)cn(C3CCCCC3)c2n1. The number of morpholine rings is 1. The third kappa shape index (κ3) is 5.22. The molecule has 1 saturated carbocycles. The second kappa shape index (κ2) is 10.7. The number of hydrogen-bond donors (Lipinski definition) is 1. The number of aromatic nitrogens is 3. The van der Waals surface area contributed by atoms with E-state index in [1.54, 1.807) is 0 Å². The van der Waals surface area contributed by atoms with Crippen molar-refractivity contribution in [3.63, 3.8) is 0 Å². The summed E-state index contributed by atoms with van der Waals surface area (Å²) in [6, 6.07) is 9.62. The zero-order valence-corrected chi connectivity index (χ0v) is 19.9. The highest BCUT2D eigenvalue weighted by atomic mass is 16.5. The summed E-state index contributed by atoms with van der Waals surface area (Å²) >= 11 is 0. The van der Waals surface area contributed by atoms with Gasteiger partial charge in [-0.05, 0) is 30.4 Å². The Balaban J connectivity index is 1.44. The molecule has 2 aromatic heterocycles. The van der Waals surface area contributed by atoms with E-state index in [4.69, 9.17) is 9.72 Å². The molecule has 0 radical (unpaired) electrons. The highest BCUT2D eigenvalue weighted by Gasteiger charge is 2.21. The van der Waals surface area contributed by atoms with Crippen molar-refractivity contribution in [1.29, 1.82) is 0 Å². The maximum Gasteiger partial charge on any atom is 0.224 e. The molecule has 1 saturated heterocycles. The monoisotopic (exact) mass is 447 g/mol. The van der Waals surface area contributed by atoms with Gasteiger partial charge in [0, 0.05) is 55.6 Å². The lowest BCUT2D eigenvalue weighted by atomic mass is 9.95. The van der Waals surface area contributed by atoms with E-state index in [1.807, 2.05) is 6.20 Å². The molecule has 0 bridgehead atoms. The van der Waals surface area contributed by atoms with Gasteiger partial charge in [0.1, 0.15) is 5.65 Å². The highest BCUT2D eigenvalue weighted by Crippen LogP contribution is 2.36. The fraction of sp³-hybridized carbons (Fsp3) is 0.556. The Bertz CT molecular complexity index is 1030. The number of fused-ring (bicyclic) bond motifs is 1. The normalized spacial score (nSPS) is 18.1. The topological polar surface area (TPSA) is 55.2 Å². The maximum atomic E-state index is 5.48. The number of rotatable bonds is 8. The first-order chi connectivity index (χ1) is 16.3. The van der Waals surface area contributed by atoms with Crippen LogP contribution >= 0.6 is 0 Å². The lowest BCUT2D eigenvalue weighted by Crippen LogP contribution is -2.35. The predicted octanol–water partition coefficient (Wildman–Crippen LogP) is 5.65. The zero-order valence-electron chi connectivity index (χ0n) is 19.9. The Labute approximate surface area is 197 Å². The van der Waals surface area contributed by atoms with Crippen LogP contribution in [0.3, 0.4) is 0 Å². The molecule has 0 amide bonds. The van der Waals surface area contributed by atoms with Gasteiger partial charge in [0.25, 0.3) is 0 Å². The number of anilines is 1. The van der Waals surface area contributed by atoms with Crippen LogP contribution in [0.1, 0.15) is 63.5 Å². The first-order valence-electron chi connectivity index (χ1n) is 12.8. The average molecular weight is 448 g/mol. The largest absolute Gasteiger partial charge is 0.379 e. The third-order valence-electron chi connectivity index (χ3n) is 7.13. The van der Waals surface area contributed by atoms with Crippen molar-refractivity contribution in [2.45, 2.75) is 64.5 Å². The molecule has 0 atom stereocenters. The highest BCUT2D eigenvalue weighted by molar-refractivity contribution is 5.94. The van der Waals surface area contributed by atoms with Crippen LogP contribution < -0.4 is 5.32 Å². The Morgan fingerprint density at radius 2 is 1.85 bits per heavy atom. The molecule has 5 rings (SSSR count). The molecule has 1 aromatic carbocycles. The molecule has 3 aromatic rings. The first-order valence-corrected chi connectivity index (χ1v) is 12.8. The van der Waals surface area contributed by atoms with E-state index in [0.717, 1.165) is 62.8 Å². The van der Waals surface area contributed by atoms with Crippen molar-refractivity contribution >= 4 is 17.0 Å². The zero-order chi connectivity index (χ0) is 22.5. The fourth-order valence-electron chi connectivity index (χ4n) is 5.17. The standard InChI is InChI=1S/C27H37N5O/c1-2-3-13-28-27-29-18-24-25(20-32(26(24)30-27)23-7-5-4-6-8-23)22-11-9-21(10-12-22)19-31-14-16-33-17-15-31/h9-12,18,20,23H,2-8,13-17,19H2,1H3,(H,28,29,30). The van der Waals surface area contributed by atoms with E-state index in [-0.39, 0.29) is 0 Å². The summed E-state index contributed by atoms with van der Waals surface area (Å²) < 4.78 is 7.93. The van der Waals surface area contributed by atoms with Crippen LogP contribution in [0, 0.1) is 0 Å². The minimum Gasteiger partial charge on any atom is -0.379 e. The summed E-state index contributed by atoms with van der Waals surface area (Å²) in [5.74, 6) is 0.749. The minimum atomic E-state index is 0.536. The summed E-state index contributed by atoms with van der Waals surface area (Å²) in [6.07, 6.45) is 13.1. The number of unbranched alkanes of at least 4 members (excludes halogenated alkanes) is 1. The maximum absolute atomic E-state index is 5.48.